The molecule has 3 rings (SSSR count). The van der Waals surface area contributed by atoms with Gasteiger partial charge in [0.25, 0.3) is 0 Å². The molecule has 0 aromatic heterocycles. The van der Waals surface area contributed by atoms with Gasteiger partial charge in [-0.15, -0.1) is 0 Å². The summed E-state index contributed by atoms with van der Waals surface area (Å²) in [5.74, 6) is 0.407. The smallest absolute Gasteiger partial charge is 0.320 e. The molecule has 0 saturated carbocycles. The molecule has 1 aromatic carbocycles. The molecule has 2 fully saturated rings. The molecule has 22 heavy (non-hydrogen) atoms. The fraction of sp³-hybridized carbons (Fsp3) is 0.588. The van der Waals surface area contributed by atoms with Crippen LogP contribution in [-0.4, -0.2) is 55.1 Å². The van der Waals surface area contributed by atoms with Crippen LogP contribution in [0.25, 0.3) is 0 Å². The van der Waals surface area contributed by atoms with Gasteiger partial charge in [-0.05, 0) is 30.9 Å². The molecule has 2 aliphatic rings. The summed E-state index contributed by atoms with van der Waals surface area (Å²) in [4.78, 5) is 18.5. The van der Waals surface area contributed by atoms with E-state index in [1.165, 1.54) is 12.5 Å². The summed E-state index contributed by atoms with van der Waals surface area (Å²) in [6.07, 6.45) is 2.31. The summed E-state index contributed by atoms with van der Waals surface area (Å²) < 4.78 is 13.8. The van der Waals surface area contributed by atoms with Gasteiger partial charge in [-0.25, -0.2) is 9.18 Å². The van der Waals surface area contributed by atoms with E-state index in [1.54, 1.807) is 12.1 Å². The average molecular weight is 305 g/mol. The van der Waals surface area contributed by atoms with Crippen molar-refractivity contribution in [3.8, 4) is 0 Å². The largest absolute Gasteiger partial charge is 0.366 e. The minimum Gasteiger partial charge on any atom is -0.366 e. The molecule has 1 aromatic rings. The minimum atomic E-state index is -0.188. The SMILES string of the molecule is CC1CCCN(C(=O)N2CCN(c3ccccc3F)CC2)C1. The van der Waals surface area contributed by atoms with Gasteiger partial charge in [0.2, 0.25) is 0 Å². The Morgan fingerprint density at radius 2 is 1.82 bits per heavy atom. The third-order valence-electron chi connectivity index (χ3n) is 4.67. The minimum absolute atomic E-state index is 0.153. The van der Waals surface area contributed by atoms with Crippen molar-refractivity contribution in [1.29, 1.82) is 0 Å². The number of amides is 2. The zero-order valence-corrected chi connectivity index (χ0v) is 13.2. The topological polar surface area (TPSA) is 26.8 Å². The van der Waals surface area contributed by atoms with Gasteiger partial charge < -0.3 is 14.7 Å². The van der Waals surface area contributed by atoms with Crippen LogP contribution in [0.2, 0.25) is 0 Å². The molecule has 0 aliphatic carbocycles. The molecule has 1 atom stereocenters. The van der Waals surface area contributed by atoms with Crippen LogP contribution in [0.3, 0.4) is 0 Å². The van der Waals surface area contributed by atoms with E-state index in [4.69, 9.17) is 0 Å². The standard InChI is InChI=1S/C17H24FN3O/c1-14-5-4-8-21(13-14)17(22)20-11-9-19(10-12-20)16-7-3-2-6-15(16)18/h2-3,6-7,14H,4-5,8-13H2,1H3. The maximum absolute atomic E-state index is 13.8. The van der Waals surface area contributed by atoms with Gasteiger partial charge in [-0.2, -0.15) is 0 Å². The second-order valence-electron chi connectivity index (χ2n) is 6.40. The zero-order valence-electron chi connectivity index (χ0n) is 13.2. The number of piperidine rings is 1. The molecule has 2 aliphatic heterocycles. The number of hydrogen-bond donors (Lipinski definition) is 0. The number of carbonyl (C=O) groups excluding carboxylic acids is 1. The fourth-order valence-electron chi connectivity index (χ4n) is 3.41. The monoisotopic (exact) mass is 305 g/mol. The first-order valence-corrected chi connectivity index (χ1v) is 8.18. The molecule has 0 radical (unpaired) electrons. The van der Waals surface area contributed by atoms with Gasteiger partial charge in [0, 0.05) is 39.3 Å². The molecule has 2 saturated heterocycles. The second kappa shape index (κ2) is 6.55. The van der Waals surface area contributed by atoms with Crippen molar-refractivity contribution in [1.82, 2.24) is 9.80 Å². The molecule has 5 heteroatoms. The lowest BCUT2D eigenvalue weighted by Gasteiger charge is -2.40. The molecule has 120 valence electrons. The van der Waals surface area contributed by atoms with E-state index in [0.717, 1.165) is 19.5 Å². The molecular weight excluding hydrogens is 281 g/mol. The summed E-state index contributed by atoms with van der Waals surface area (Å²) in [5.41, 5.74) is 0.640. The highest BCUT2D eigenvalue weighted by Crippen LogP contribution is 2.21. The first kappa shape index (κ1) is 15.1. The average Bonchev–Trinajstić information content (AvgIpc) is 2.55. The lowest BCUT2D eigenvalue weighted by Crippen LogP contribution is -2.54. The van der Waals surface area contributed by atoms with Crippen LogP contribution in [0.4, 0.5) is 14.9 Å². The molecule has 0 spiro atoms. The molecule has 0 bridgehead atoms. The van der Waals surface area contributed by atoms with E-state index in [1.807, 2.05) is 20.8 Å². The summed E-state index contributed by atoms with van der Waals surface area (Å²) in [5, 5.41) is 0. The lowest BCUT2D eigenvalue weighted by molar-refractivity contribution is 0.129. The van der Waals surface area contributed by atoms with Crippen molar-refractivity contribution in [2.24, 2.45) is 5.92 Å². The fourth-order valence-corrected chi connectivity index (χ4v) is 3.41. The number of halogens is 1. The molecule has 2 heterocycles. The van der Waals surface area contributed by atoms with Crippen molar-refractivity contribution in [3.05, 3.63) is 30.1 Å². The summed E-state index contributed by atoms with van der Waals surface area (Å²) >= 11 is 0. The van der Waals surface area contributed by atoms with Gasteiger partial charge in [-0.3, -0.25) is 0 Å². The van der Waals surface area contributed by atoms with Gasteiger partial charge in [0.1, 0.15) is 5.82 Å². The van der Waals surface area contributed by atoms with Crippen molar-refractivity contribution < 1.29 is 9.18 Å². The van der Waals surface area contributed by atoms with Gasteiger partial charge in [-0.1, -0.05) is 19.1 Å². The summed E-state index contributed by atoms with van der Waals surface area (Å²) in [7, 11) is 0. The van der Waals surface area contributed by atoms with Crippen molar-refractivity contribution in [2.75, 3.05) is 44.2 Å². The maximum atomic E-state index is 13.8. The van der Waals surface area contributed by atoms with Crippen molar-refractivity contribution >= 4 is 11.7 Å². The normalized spacial score (nSPS) is 22.8. The van der Waals surface area contributed by atoms with Crippen LogP contribution in [0.5, 0.6) is 0 Å². The molecule has 4 nitrogen and oxygen atoms in total. The number of nitrogens with zero attached hydrogens (tertiary/aromatic N) is 3. The van der Waals surface area contributed by atoms with E-state index in [-0.39, 0.29) is 11.8 Å². The predicted octanol–water partition coefficient (Wildman–Crippen LogP) is 2.80. The Morgan fingerprint density at radius 3 is 2.50 bits per heavy atom. The van der Waals surface area contributed by atoms with Gasteiger partial charge in [0.05, 0.1) is 5.69 Å². The molecule has 1 unspecified atom stereocenters. The van der Waals surface area contributed by atoms with Crippen molar-refractivity contribution in [2.45, 2.75) is 19.8 Å². The Hall–Kier alpha value is -1.78. The van der Waals surface area contributed by atoms with Crippen LogP contribution in [0.1, 0.15) is 19.8 Å². The van der Waals surface area contributed by atoms with Gasteiger partial charge in [0.15, 0.2) is 0 Å². The Balaban J connectivity index is 1.57. The number of benzene rings is 1. The Labute approximate surface area is 131 Å². The Morgan fingerprint density at radius 1 is 1.09 bits per heavy atom. The quantitative estimate of drug-likeness (QED) is 0.797. The van der Waals surface area contributed by atoms with E-state index in [9.17, 15) is 9.18 Å². The van der Waals surface area contributed by atoms with Gasteiger partial charge >= 0.3 is 6.03 Å². The summed E-state index contributed by atoms with van der Waals surface area (Å²) in [6.45, 7) is 6.65. The number of rotatable bonds is 1. The van der Waals surface area contributed by atoms with Crippen LogP contribution < -0.4 is 4.90 Å². The van der Waals surface area contributed by atoms with Crippen LogP contribution in [0, 0.1) is 11.7 Å². The molecular formula is C17H24FN3O. The predicted molar refractivity (Wildman–Crippen MR) is 85.6 cm³/mol. The highest BCUT2D eigenvalue weighted by atomic mass is 19.1. The lowest BCUT2D eigenvalue weighted by atomic mass is 10.0. The highest BCUT2D eigenvalue weighted by molar-refractivity contribution is 5.75. The number of anilines is 1. The van der Waals surface area contributed by atoms with Crippen LogP contribution >= 0.6 is 0 Å². The number of piperazine rings is 1. The number of urea groups is 1. The molecule has 0 N–H and O–H groups in total. The van der Waals surface area contributed by atoms with E-state index in [0.29, 0.717) is 37.8 Å². The second-order valence-corrected chi connectivity index (χ2v) is 6.40. The number of carbonyl (C=O) groups is 1. The molecule has 2 amide bonds. The highest BCUT2D eigenvalue weighted by Gasteiger charge is 2.28. The van der Waals surface area contributed by atoms with Crippen LogP contribution in [0.15, 0.2) is 24.3 Å². The summed E-state index contributed by atoms with van der Waals surface area (Å²) in [6, 6.07) is 7.00. The number of para-hydroxylation sites is 1. The number of hydrogen-bond acceptors (Lipinski definition) is 2. The number of likely N-dealkylation sites (tertiary alicyclic amines) is 1. The third kappa shape index (κ3) is 3.18. The van der Waals surface area contributed by atoms with E-state index < -0.39 is 0 Å². The van der Waals surface area contributed by atoms with E-state index in [2.05, 4.69) is 6.92 Å². The van der Waals surface area contributed by atoms with Crippen molar-refractivity contribution in [3.63, 3.8) is 0 Å². The van der Waals surface area contributed by atoms with Crippen LogP contribution in [-0.2, 0) is 0 Å². The first-order valence-electron chi connectivity index (χ1n) is 8.18. The first-order chi connectivity index (χ1) is 10.6. The Bertz CT molecular complexity index is 528. The zero-order chi connectivity index (χ0) is 15.5. The third-order valence-corrected chi connectivity index (χ3v) is 4.67. The maximum Gasteiger partial charge on any atom is 0.320 e. The Kier molecular flexibility index (Phi) is 4.50. The van der Waals surface area contributed by atoms with E-state index >= 15 is 0 Å².